The van der Waals surface area contributed by atoms with Crippen molar-refractivity contribution in [1.82, 2.24) is 0 Å². The van der Waals surface area contributed by atoms with Crippen LogP contribution in [0.3, 0.4) is 0 Å². The van der Waals surface area contributed by atoms with Crippen LogP contribution in [0.5, 0.6) is 0 Å². The number of rotatable bonds is 4. The molecule has 0 aliphatic heterocycles. The molecule has 1 rings (SSSR count). The Kier molecular flexibility index (Phi) is 4.17. The zero-order chi connectivity index (χ0) is 12.1. The fourth-order valence-electron chi connectivity index (χ4n) is 1.12. The van der Waals surface area contributed by atoms with Gasteiger partial charge in [0.25, 0.3) is 0 Å². The van der Waals surface area contributed by atoms with Gasteiger partial charge in [-0.1, -0.05) is 0 Å². The van der Waals surface area contributed by atoms with Crippen LogP contribution in [-0.2, 0) is 0 Å². The summed E-state index contributed by atoms with van der Waals surface area (Å²) in [6, 6.07) is 3.02. The van der Waals surface area contributed by atoms with Crippen molar-refractivity contribution < 1.29 is 19.0 Å². The molecule has 0 saturated heterocycles. The minimum Gasteiger partial charge on any atom is -0.394 e. The molecule has 86 valence electrons. The topological polar surface area (TPSA) is 76.3 Å². The first kappa shape index (κ1) is 12.4. The molecule has 3 N–H and O–H groups in total. The van der Waals surface area contributed by atoms with Gasteiger partial charge in [0.2, 0.25) is 0 Å². The molecule has 16 heavy (non-hydrogen) atoms. The van der Waals surface area contributed by atoms with Gasteiger partial charge in [0.05, 0.1) is 30.5 Å². The van der Waals surface area contributed by atoms with Crippen LogP contribution in [0.2, 0.25) is 0 Å². The summed E-state index contributed by atoms with van der Waals surface area (Å²) in [6.07, 6.45) is 0. The maximum atomic E-state index is 13.3. The minimum absolute atomic E-state index is 0.204. The molecule has 0 radical (unpaired) electrons. The third-order valence-electron chi connectivity index (χ3n) is 2.00. The van der Waals surface area contributed by atoms with Gasteiger partial charge >= 0.3 is 0 Å². The molecule has 0 unspecified atom stereocenters. The Hall–Kier alpha value is -1.71. The van der Waals surface area contributed by atoms with E-state index in [-0.39, 0.29) is 5.69 Å². The predicted octanol–water partition coefficient (Wildman–Crippen LogP) is 0.602. The van der Waals surface area contributed by atoms with Crippen molar-refractivity contribution in [2.45, 2.75) is 6.04 Å². The summed E-state index contributed by atoms with van der Waals surface area (Å²) in [5, 5.41) is 28.4. The van der Waals surface area contributed by atoms with Crippen LogP contribution in [0.25, 0.3) is 0 Å². The Balaban J connectivity index is 2.99. The molecular weight excluding hydrogens is 218 g/mol. The molecule has 1 aromatic carbocycles. The molecule has 0 spiro atoms. The third-order valence-corrected chi connectivity index (χ3v) is 2.00. The van der Waals surface area contributed by atoms with Gasteiger partial charge < -0.3 is 15.5 Å². The van der Waals surface area contributed by atoms with Crippen LogP contribution in [0.15, 0.2) is 12.1 Å². The van der Waals surface area contributed by atoms with Crippen LogP contribution in [0, 0.1) is 23.0 Å². The number of nitrogens with zero attached hydrogens (tertiary/aromatic N) is 1. The normalized spacial score (nSPS) is 10.2. The highest BCUT2D eigenvalue weighted by Gasteiger charge is 2.15. The lowest BCUT2D eigenvalue weighted by Gasteiger charge is -2.15. The average molecular weight is 228 g/mol. The summed E-state index contributed by atoms with van der Waals surface area (Å²) < 4.78 is 26.5. The monoisotopic (exact) mass is 228 g/mol. The highest BCUT2D eigenvalue weighted by molar-refractivity contribution is 5.50. The van der Waals surface area contributed by atoms with Crippen molar-refractivity contribution in [2.75, 3.05) is 18.5 Å². The predicted molar refractivity (Wildman–Crippen MR) is 52.7 cm³/mol. The molecule has 0 amide bonds. The molecule has 0 fully saturated rings. The largest absolute Gasteiger partial charge is 0.394 e. The quantitative estimate of drug-likeness (QED) is 0.705. The number of anilines is 1. The Labute approximate surface area is 90.8 Å². The standard InChI is InChI=1S/C10H10F2N2O2/c11-9-6(3-13)1-2-8(10(9)12)14-7(4-15)5-16/h1-2,7,14-16H,4-5H2. The second-order valence-electron chi connectivity index (χ2n) is 3.11. The summed E-state index contributed by atoms with van der Waals surface area (Å²) in [4.78, 5) is 0. The number of hydrogen-bond acceptors (Lipinski definition) is 4. The van der Waals surface area contributed by atoms with Crippen LogP contribution in [0.4, 0.5) is 14.5 Å². The van der Waals surface area contributed by atoms with Gasteiger partial charge in [-0.15, -0.1) is 0 Å². The molecule has 0 aliphatic rings. The van der Waals surface area contributed by atoms with Crippen molar-refractivity contribution >= 4 is 5.69 Å². The second-order valence-corrected chi connectivity index (χ2v) is 3.11. The molecular formula is C10H10F2N2O2. The first-order chi connectivity index (χ1) is 7.63. The van der Waals surface area contributed by atoms with Gasteiger partial charge in [-0.05, 0) is 12.1 Å². The van der Waals surface area contributed by atoms with Crippen LogP contribution >= 0.6 is 0 Å². The fourth-order valence-corrected chi connectivity index (χ4v) is 1.12. The number of aliphatic hydroxyl groups is 2. The van der Waals surface area contributed by atoms with Crippen molar-refractivity contribution in [3.05, 3.63) is 29.3 Å². The molecule has 1 aromatic rings. The van der Waals surface area contributed by atoms with Crippen LogP contribution < -0.4 is 5.32 Å². The molecule has 6 heteroatoms. The van der Waals surface area contributed by atoms with Gasteiger partial charge in [0, 0.05) is 0 Å². The van der Waals surface area contributed by atoms with Gasteiger partial charge in [-0.2, -0.15) is 5.26 Å². The van der Waals surface area contributed by atoms with Crippen LogP contribution in [-0.4, -0.2) is 29.5 Å². The lowest BCUT2D eigenvalue weighted by Crippen LogP contribution is -2.28. The van der Waals surface area contributed by atoms with Crippen molar-refractivity contribution in [3.8, 4) is 6.07 Å². The first-order valence-corrected chi connectivity index (χ1v) is 4.50. The van der Waals surface area contributed by atoms with E-state index in [1.807, 2.05) is 0 Å². The lowest BCUT2D eigenvalue weighted by molar-refractivity contribution is 0.203. The van der Waals surface area contributed by atoms with E-state index in [9.17, 15) is 8.78 Å². The molecule has 0 heterocycles. The summed E-state index contributed by atoms with van der Waals surface area (Å²) in [5.41, 5.74) is -0.600. The number of nitriles is 1. The van der Waals surface area contributed by atoms with Gasteiger partial charge in [-0.3, -0.25) is 0 Å². The van der Waals surface area contributed by atoms with E-state index in [4.69, 9.17) is 15.5 Å². The first-order valence-electron chi connectivity index (χ1n) is 4.50. The minimum atomic E-state index is -1.25. The zero-order valence-corrected chi connectivity index (χ0v) is 8.24. The molecule has 0 atom stereocenters. The Bertz CT molecular complexity index is 414. The van der Waals surface area contributed by atoms with E-state index in [0.717, 1.165) is 6.07 Å². The van der Waals surface area contributed by atoms with E-state index < -0.39 is 36.5 Å². The molecule has 0 aromatic heterocycles. The van der Waals surface area contributed by atoms with E-state index >= 15 is 0 Å². The average Bonchev–Trinajstić information content (AvgIpc) is 2.31. The SMILES string of the molecule is N#Cc1ccc(NC(CO)CO)c(F)c1F. The Morgan fingerprint density at radius 1 is 1.25 bits per heavy atom. The van der Waals surface area contributed by atoms with Crippen LogP contribution in [0.1, 0.15) is 5.56 Å². The maximum absolute atomic E-state index is 13.3. The molecule has 0 saturated carbocycles. The zero-order valence-electron chi connectivity index (χ0n) is 8.24. The van der Waals surface area contributed by atoms with Crippen molar-refractivity contribution in [1.29, 1.82) is 5.26 Å². The number of halogens is 2. The van der Waals surface area contributed by atoms with E-state index in [1.165, 1.54) is 12.1 Å². The van der Waals surface area contributed by atoms with E-state index in [1.54, 1.807) is 0 Å². The van der Waals surface area contributed by atoms with E-state index in [0.29, 0.717) is 0 Å². The Morgan fingerprint density at radius 2 is 1.88 bits per heavy atom. The lowest BCUT2D eigenvalue weighted by atomic mass is 10.2. The summed E-state index contributed by atoms with van der Waals surface area (Å²) >= 11 is 0. The van der Waals surface area contributed by atoms with Crippen molar-refractivity contribution in [3.63, 3.8) is 0 Å². The number of aliphatic hydroxyl groups excluding tert-OH is 2. The summed E-state index contributed by atoms with van der Waals surface area (Å²) in [7, 11) is 0. The van der Waals surface area contributed by atoms with Gasteiger partial charge in [0.1, 0.15) is 6.07 Å². The number of hydrogen-bond donors (Lipinski definition) is 3. The van der Waals surface area contributed by atoms with Gasteiger partial charge in [0.15, 0.2) is 11.6 Å². The van der Waals surface area contributed by atoms with E-state index in [2.05, 4.69) is 5.32 Å². The Morgan fingerprint density at radius 3 is 2.38 bits per heavy atom. The molecule has 4 nitrogen and oxygen atoms in total. The highest BCUT2D eigenvalue weighted by Crippen LogP contribution is 2.20. The van der Waals surface area contributed by atoms with Gasteiger partial charge in [-0.25, -0.2) is 8.78 Å². The molecule has 0 aliphatic carbocycles. The summed E-state index contributed by atoms with van der Waals surface area (Å²) in [6.45, 7) is -0.838. The smallest absolute Gasteiger partial charge is 0.183 e. The molecule has 0 bridgehead atoms. The third kappa shape index (κ3) is 2.45. The second kappa shape index (κ2) is 5.39. The fraction of sp³-hybridized carbons (Fsp3) is 0.300. The maximum Gasteiger partial charge on any atom is 0.183 e. The number of benzene rings is 1. The summed E-state index contributed by atoms with van der Waals surface area (Å²) in [5.74, 6) is -2.45. The number of nitrogens with one attached hydrogen (secondary N) is 1. The highest BCUT2D eigenvalue weighted by atomic mass is 19.2. The van der Waals surface area contributed by atoms with Crippen molar-refractivity contribution in [2.24, 2.45) is 0 Å².